The van der Waals surface area contributed by atoms with Gasteiger partial charge in [0.1, 0.15) is 10.6 Å². The number of hydrogen-bond donors (Lipinski definition) is 2. The Hall–Kier alpha value is -1.32. The molecule has 1 aliphatic heterocycles. The summed E-state index contributed by atoms with van der Waals surface area (Å²) in [5, 5.41) is 2.85. The molecule has 0 spiro atoms. The zero-order valence-electron chi connectivity index (χ0n) is 9.57. The van der Waals surface area contributed by atoms with E-state index in [2.05, 4.69) is 14.8 Å². The number of ether oxygens (including phenoxy) is 1. The van der Waals surface area contributed by atoms with E-state index in [1.165, 1.54) is 12.1 Å². The van der Waals surface area contributed by atoms with Gasteiger partial charge in [-0.3, -0.25) is 0 Å². The Labute approximate surface area is 107 Å². The standard InChI is InChI=1S/C10H11F3N2O3S/c11-10(12,13)18-8-3-1-2-4-9(8)19(16,17)15-7-5-14-6-7/h1-4,7,14-15H,5-6H2. The Morgan fingerprint density at radius 3 is 2.42 bits per heavy atom. The number of hydrogen-bond acceptors (Lipinski definition) is 4. The second-order valence-corrected chi connectivity index (χ2v) is 5.65. The average molecular weight is 296 g/mol. The quantitative estimate of drug-likeness (QED) is 0.864. The zero-order valence-corrected chi connectivity index (χ0v) is 10.4. The largest absolute Gasteiger partial charge is 0.573 e. The summed E-state index contributed by atoms with van der Waals surface area (Å²) in [6, 6.07) is 4.31. The molecule has 0 aliphatic carbocycles. The molecule has 0 unspecified atom stereocenters. The van der Waals surface area contributed by atoms with Gasteiger partial charge in [0.15, 0.2) is 0 Å². The lowest BCUT2D eigenvalue weighted by molar-refractivity contribution is -0.275. The van der Waals surface area contributed by atoms with E-state index in [4.69, 9.17) is 0 Å². The number of rotatable bonds is 4. The van der Waals surface area contributed by atoms with Crippen molar-refractivity contribution in [1.29, 1.82) is 0 Å². The van der Waals surface area contributed by atoms with Gasteiger partial charge in [0.2, 0.25) is 10.0 Å². The minimum absolute atomic E-state index is 0.316. The molecule has 1 fully saturated rings. The van der Waals surface area contributed by atoms with Gasteiger partial charge in [-0.25, -0.2) is 13.1 Å². The highest BCUT2D eigenvalue weighted by molar-refractivity contribution is 7.89. The van der Waals surface area contributed by atoms with Gasteiger partial charge >= 0.3 is 6.36 Å². The summed E-state index contributed by atoms with van der Waals surface area (Å²) in [5.74, 6) is -0.741. The molecule has 1 heterocycles. The molecule has 106 valence electrons. The van der Waals surface area contributed by atoms with Crippen molar-refractivity contribution in [2.24, 2.45) is 0 Å². The molecule has 0 aromatic heterocycles. The molecule has 5 nitrogen and oxygen atoms in total. The summed E-state index contributed by atoms with van der Waals surface area (Å²) in [7, 11) is -4.04. The summed E-state index contributed by atoms with van der Waals surface area (Å²) < 4.78 is 66.5. The lowest BCUT2D eigenvalue weighted by Gasteiger charge is -2.28. The van der Waals surface area contributed by atoms with Gasteiger partial charge in [-0.15, -0.1) is 13.2 Å². The molecule has 0 bridgehead atoms. The van der Waals surface area contributed by atoms with Crippen LogP contribution in [0.25, 0.3) is 0 Å². The van der Waals surface area contributed by atoms with Crippen LogP contribution >= 0.6 is 0 Å². The first-order valence-electron chi connectivity index (χ1n) is 5.36. The van der Waals surface area contributed by atoms with E-state index in [1.54, 1.807) is 0 Å². The highest BCUT2D eigenvalue weighted by Gasteiger charge is 2.34. The molecule has 19 heavy (non-hydrogen) atoms. The van der Waals surface area contributed by atoms with Crippen molar-refractivity contribution in [3.63, 3.8) is 0 Å². The number of benzene rings is 1. The smallest absolute Gasteiger partial charge is 0.404 e. The normalized spacial score (nSPS) is 17.0. The van der Waals surface area contributed by atoms with Crippen molar-refractivity contribution in [2.75, 3.05) is 13.1 Å². The first kappa shape index (κ1) is 14.1. The van der Waals surface area contributed by atoms with Crippen LogP contribution < -0.4 is 14.8 Å². The van der Waals surface area contributed by atoms with Crippen LogP contribution in [0.5, 0.6) is 5.75 Å². The van der Waals surface area contributed by atoms with Crippen LogP contribution in [-0.2, 0) is 10.0 Å². The van der Waals surface area contributed by atoms with Crippen LogP contribution in [0.4, 0.5) is 13.2 Å². The van der Waals surface area contributed by atoms with Crippen LogP contribution in [-0.4, -0.2) is 33.9 Å². The lowest BCUT2D eigenvalue weighted by Crippen LogP contribution is -2.56. The van der Waals surface area contributed by atoms with Crippen molar-refractivity contribution in [3.8, 4) is 5.75 Å². The maximum Gasteiger partial charge on any atom is 0.573 e. The van der Waals surface area contributed by atoms with Gasteiger partial charge in [0.05, 0.1) is 0 Å². The molecule has 2 rings (SSSR count). The molecular formula is C10H11F3N2O3S. The second-order valence-electron chi connectivity index (χ2n) is 3.97. The Morgan fingerprint density at radius 2 is 1.89 bits per heavy atom. The topological polar surface area (TPSA) is 67.4 Å². The SMILES string of the molecule is O=S(=O)(NC1CNC1)c1ccccc1OC(F)(F)F. The number of sulfonamides is 1. The predicted molar refractivity (Wildman–Crippen MR) is 60.1 cm³/mol. The van der Waals surface area contributed by atoms with Crippen LogP contribution in [0.15, 0.2) is 29.2 Å². The molecule has 0 atom stereocenters. The molecule has 1 aliphatic rings. The fraction of sp³-hybridized carbons (Fsp3) is 0.400. The van der Waals surface area contributed by atoms with Gasteiger partial charge in [-0.2, -0.15) is 0 Å². The van der Waals surface area contributed by atoms with E-state index in [-0.39, 0.29) is 6.04 Å². The zero-order chi connectivity index (χ0) is 14.1. The number of halogens is 3. The van der Waals surface area contributed by atoms with Crippen LogP contribution in [0.3, 0.4) is 0 Å². The van der Waals surface area contributed by atoms with Crippen molar-refractivity contribution >= 4 is 10.0 Å². The van der Waals surface area contributed by atoms with Crippen LogP contribution in [0.1, 0.15) is 0 Å². The summed E-state index contributed by atoms with van der Waals surface area (Å²) in [4.78, 5) is -0.528. The third-order valence-corrected chi connectivity index (χ3v) is 4.03. The van der Waals surface area contributed by atoms with E-state index in [0.717, 1.165) is 12.1 Å². The highest BCUT2D eigenvalue weighted by Crippen LogP contribution is 2.29. The van der Waals surface area contributed by atoms with E-state index in [1.807, 2.05) is 0 Å². The fourth-order valence-electron chi connectivity index (χ4n) is 1.54. The third-order valence-electron chi connectivity index (χ3n) is 2.47. The molecule has 1 saturated heterocycles. The predicted octanol–water partition coefficient (Wildman–Crippen LogP) is 0.835. The highest BCUT2D eigenvalue weighted by atomic mass is 32.2. The minimum Gasteiger partial charge on any atom is -0.404 e. The first-order chi connectivity index (χ1) is 8.78. The first-order valence-corrected chi connectivity index (χ1v) is 6.84. The monoisotopic (exact) mass is 296 g/mol. The second kappa shape index (κ2) is 4.99. The van der Waals surface area contributed by atoms with Crippen molar-refractivity contribution < 1.29 is 26.3 Å². The summed E-state index contributed by atoms with van der Waals surface area (Å²) in [5.41, 5.74) is 0. The lowest BCUT2D eigenvalue weighted by atomic mass is 10.2. The molecular weight excluding hydrogens is 285 g/mol. The van der Waals surface area contributed by atoms with E-state index in [9.17, 15) is 21.6 Å². The maximum absolute atomic E-state index is 12.2. The molecule has 9 heteroatoms. The van der Waals surface area contributed by atoms with E-state index in [0.29, 0.717) is 13.1 Å². The Morgan fingerprint density at radius 1 is 1.26 bits per heavy atom. The van der Waals surface area contributed by atoms with E-state index < -0.39 is 27.0 Å². The Kier molecular flexibility index (Phi) is 3.70. The summed E-state index contributed by atoms with van der Waals surface area (Å²) in [6.07, 6.45) is -4.94. The van der Waals surface area contributed by atoms with Gasteiger partial charge in [-0.1, -0.05) is 12.1 Å². The molecule has 2 N–H and O–H groups in total. The summed E-state index contributed by atoms with van der Waals surface area (Å²) in [6.45, 7) is 0.892. The van der Waals surface area contributed by atoms with Gasteiger partial charge in [0.25, 0.3) is 0 Å². The molecule has 0 radical (unpaired) electrons. The fourth-order valence-corrected chi connectivity index (χ4v) is 2.90. The number of nitrogens with one attached hydrogen (secondary N) is 2. The van der Waals surface area contributed by atoms with Gasteiger partial charge in [-0.05, 0) is 12.1 Å². The van der Waals surface area contributed by atoms with Gasteiger partial charge < -0.3 is 10.1 Å². The Bertz CT molecular complexity index is 555. The average Bonchev–Trinajstić information content (AvgIpc) is 2.22. The van der Waals surface area contributed by atoms with Crippen molar-refractivity contribution in [3.05, 3.63) is 24.3 Å². The number of para-hydroxylation sites is 1. The van der Waals surface area contributed by atoms with Crippen molar-refractivity contribution in [1.82, 2.24) is 10.0 Å². The van der Waals surface area contributed by atoms with Crippen LogP contribution in [0.2, 0.25) is 0 Å². The summed E-state index contributed by atoms with van der Waals surface area (Å²) >= 11 is 0. The van der Waals surface area contributed by atoms with Crippen LogP contribution in [0, 0.1) is 0 Å². The third kappa shape index (κ3) is 3.58. The molecule has 0 amide bonds. The minimum atomic E-state index is -4.94. The van der Waals surface area contributed by atoms with E-state index >= 15 is 0 Å². The Balaban J connectivity index is 2.27. The maximum atomic E-state index is 12.2. The number of alkyl halides is 3. The molecule has 0 saturated carbocycles. The van der Waals surface area contributed by atoms with Crippen molar-refractivity contribution in [2.45, 2.75) is 17.3 Å². The van der Waals surface area contributed by atoms with Gasteiger partial charge in [0, 0.05) is 19.1 Å². The molecule has 1 aromatic carbocycles. The molecule has 1 aromatic rings.